The molecule has 0 bridgehead atoms. The molecule has 1 N–H and O–H groups in total. The fraction of sp³-hybridized carbons (Fsp3) is 0.118. The highest BCUT2D eigenvalue weighted by Gasteiger charge is 2.37. The number of rotatable bonds is 2. The maximum Gasteiger partial charge on any atom is 0.416 e. The number of nitrogens with one attached hydrogen (secondary N) is 1. The van der Waals surface area contributed by atoms with Gasteiger partial charge in [0, 0.05) is 5.56 Å². The van der Waals surface area contributed by atoms with Crippen LogP contribution in [0, 0.1) is 11.3 Å². The summed E-state index contributed by atoms with van der Waals surface area (Å²) in [5.74, 6) is 0. The highest BCUT2D eigenvalue weighted by molar-refractivity contribution is 5.74. The second kappa shape index (κ2) is 6.42. The van der Waals surface area contributed by atoms with Gasteiger partial charge in [0.1, 0.15) is 11.8 Å². The van der Waals surface area contributed by atoms with Crippen molar-refractivity contribution >= 4 is 0 Å². The summed E-state index contributed by atoms with van der Waals surface area (Å²) in [6, 6.07) is 8.80. The van der Waals surface area contributed by atoms with Gasteiger partial charge in [0.05, 0.1) is 11.1 Å². The molecule has 0 saturated carbocycles. The number of nitrogens with zero attached hydrogens (tertiary/aromatic N) is 3. The second-order valence-electron chi connectivity index (χ2n) is 5.51. The molecule has 1 heterocycles. The lowest BCUT2D eigenvalue weighted by Crippen LogP contribution is -2.11. The molecule has 0 fully saturated rings. The van der Waals surface area contributed by atoms with E-state index in [1.807, 2.05) is 0 Å². The van der Waals surface area contributed by atoms with Crippen LogP contribution in [0.15, 0.2) is 42.5 Å². The Morgan fingerprint density at radius 2 is 1.37 bits per heavy atom. The molecule has 3 rings (SSSR count). The quantitative estimate of drug-likeness (QED) is 0.631. The zero-order chi connectivity index (χ0) is 19.8. The van der Waals surface area contributed by atoms with Gasteiger partial charge in [0.15, 0.2) is 5.69 Å². The number of hydrogen-bond donors (Lipinski definition) is 1. The molecule has 0 spiro atoms. The Morgan fingerprint density at radius 3 is 1.93 bits per heavy atom. The molecule has 4 nitrogen and oxygen atoms in total. The number of hydrogen-bond acceptors (Lipinski definition) is 3. The van der Waals surface area contributed by atoms with Gasteiger partial charge >= 0.3 is 12.4 Å². The van der Waals surface area contributed by atoms with Crippen molar-refractivity contribution in [3.8, 4) is 28.5 Å². The van der Waals surface area contributed by atoms with E-state index in [0.717, 1.165) is 0 Å². The van der Waals surface area contributed by atoms with Crippen molar-refractivity contribution in [2.24, 2.45) is 0 Å². The van der Waals surface area contributed by atoms with Crippen molar-refractivity contribution in [1.82, 2.24) is 15.4 Å². The van der Waals surface area contributed by atoms with Crippen LogP contribution in [-0.4, -0.2) is 15.4 Å². The third-order valence-electron chi connectivity index (χ3n) is 3.71. The van der Waals surface area contributed by atoms with E-state index in [2.05, 4.69) is 15.4 Å². The van der Waals surface area contributed by atoms with E-state index in [4.69, 9.17) is 5.26 Å². The van der Waals surface area contributed by atoms with Crippen LogP contribution >= 0.6 is 0 Å². The molecule has 0 atom stereocenters. The summed E-state index contributed by atoms with van der Waals surface area (Å²) >= 11 is 0. The lowest BCUT2D eigenvalue weighted by atomic mass is 9.97. The van der Waals surface area contributed by atoms with Gasteiger partial charge in [0.25, 0.3) is 0 Å². The molecule has 138 valence electrons. The molecule has 0 unspecified atom stereocenters. The Kier molecular flexibility index (Phi) is 4.39. The third kappa shape index (κ3) is 3.76. The summed E-state index contributed by atoms with van der Waals surface area (Å²) in [5.41, 5.74) is -2.55. The first-order valence-corrected chi connectivity index (χ1v) is 7.31. The van der Waals surface area contributed by atoms with Gasteiger partial charge < -0.3 is 0 Å². The minimum Gasteiger partial charge on any atom is -0.196 e. The van der Waals surface area contributed by atoms with E-state index in [0.29, 0.717) is 17.7 Å². The number of halogens is 6. The Bertz CT molecular complexity index is 995. The van der Waals surface area contributed by atoms with E-state index in [9.17, 15) is 26.3 Å². The number of benzene rings is 2. The first kappa shape index (κ1) is 18.4. The average molecular weight is 382 g/mol. The Hall–Kier alpha value is -3.35. The van der Waals surface area contributed by atoms with Crippen LogP contribution in [0.1, 0.15) is 16.8 Å². The minimum absolute atomic E-state index is 0.0489. The molecular formula is C17H8F6N4. The molecule has 2 aromatic carbocycles. The van der Waals surface area contributed by atoms with E-state index in [-0.39, 0.29) is 28.6 Å². The number of alkyl halides is 6. The van der Waals surface area contributed by atoms with Crippen LogP contribution in [0.3, 0.4) is 0 Å². The van der Waals surface area contributed by atoms with Crippen molar-refractivity contribution in [3.05, 3.63) is 59.3 Å². The van der Waals surface area contributed by atoms with Crippen LogP contribution < -0.4 is 0 Å². The molecule has 1 aromatic heterocycles. The lowest BCUT2D eigenvalue weighted by molar-refractivity contribution is -0.143. The number of aromatic amines is 1. The first-order chi connectivity index (χ1) is 12.6. The van der Waals surface area contributed by atoms with E-state index in [1.165, 1.54) is 24.3 Å². The van der Waals surface area contributed by atoms with Gasteiger partial charge in [-0.05, 0) is 35.4 Å². The van der Waals surface area contributed by atoms with Crippen molar-refractivity contribution in [2.45, 2.75) is 12.4 Å². The Morgan fingerprint density at radius 1 is 0.778 bits per heavy atom. The summed E-state index contributed by atoms with van der Waals surface area (Å²) < 4.78 is 78.2. The lowest BCUT2D eigenvalue weighted by Gasteiger charge is -2.14. The summed E-state index contributed by atoms with van der Waals surface area (Å²) in [7, 11) is 0. The molecule has 0 aliphatic carbocycles. The molecule has 10 heteroatoms. The predicted molar refractivity (Wildman–Crippen MR) is 82.0 cm³/mol. The minimum atomic E-state index is -4.94. The topological polar surface area (TPSA) is 65.4 Å². The van der Waals surface area contributed by atoms with Crippen LogP contribution in [0.2, 0.25) is 0 Å². The average Bonchev–Trinajstić information content (AvgIpc) is 3.09. The van der Waals surface area contributed by atoms with Crippen molar-refractivity contribution in [1.29, 1.82) is 5.26 Å². The molecule has 0 aliphatic rings. The second-order valence-corrected chi connectivity index (χ2v) is 5.51. The maximum atomic E-state index is 13.0. The number of aromatic nitrogens is 3. The normalized spacial score (nSPS) is 12.0. The third-order valence-corrected chi connectivity index (χ3v) is 3.71. The van der Waals surface area contributed by atoms with Gasteiger partial charge in [-0.15, -0.1) is 5.10 Å². The Labute approximate surface area is 148 Å². The van der Waals surface area contributed by atoms with Crippen LogP contribution in [0.4, 0.5) is 26.3 Å². The number of nitriles is 1. The van der Waals surface area contributed by atoms with Crippen LogP contribution in [-0.2, 0) is 12.4 Å². The highest BCUT2D eigenvalue weighted by atomic mass is 19.4. The molecule has 0 saturated heterocycles. The van der Waals surface area contributed by atoms with Crippen LogP contribution in [0.5, 0.6) is 0 Å². The molecule has 0 amide bonds. The largest absolute Gasteiger partial charge is 0.416 e. The molecule has 0 aliphatic heterocycles. The summed E-state index contributed by atoms with van der Waals surface area (Å²) in [4.78, 5) is 0. The predicted octanol–water partition coefficient (Wildman–Crippen LogP) is 5.05. The van der Waals surface area contributed by atoms with Gasteiger partial charge in [-0.25, -0.2) is 0 Å². The molecule has 3 aromatic rings. The van der Waals surface area contributed by atoms with Crippen molar-refractivity contribution in [2.75, 3.05) is 0 Å². The summed E-state index contributed by atoms with van der Waals surface area (Å²) in [6.45, 7) is 0. The number of H-pyrrole nitrogens is 1. The monoisotopic (exact) mass is 382 g/mol. The van der Waals surface area contributed by atoms with E-state index >= 15 is 0 Å². The van der Waals surface area contributed by atoms with Gasteiger partial charge in [0.2, 0.25) is 0 Å². The first-order valence-electron chi connectivity index (χ1n) is 7.31. The standard InChI is InChI=1S/C17H8F6N4/c18-16(19,20)12-5-11(6-13(7-12)17(21,22)23)9-2-1-3-10(4-9)15-14(8-24)25-27-26-15/h1-7H,(H,25,26,27). The zero-order valence-corrected chi connectivity index (χ0v) is 13.2. The Balaban J connectivity index is 2.17. The summed E-state index contributed by atoms with van der Waals surface area (Å²) in [6.07, 6.45) is -9.87. The fourth-order valence-electron chi connectivity index (χ4n) is 2.48. The highest BCUT2D eigenvalue weighted by Crippen LogP contribution is 2.39. The van der Waals surface area contributed by atoms with Gasteiger partial charge in [-0.2, -0.15) is 41.9 Å². The van der Waals surface area contributed by atoms with Gasteiger partial charge in [-0.1, -0.05) is 18.2 Å². The van der Waals surface area contributed by atoms with E-state index < -0.39 is 23.5 Å². The van der Waals surface area contributed by atoms with E-state index in [1.54, 1.807) is 6.07 Å². The molecular weight excluding hydrogens is 374 g/mol. The zero-order valence-electron chi connectivity index (χ0n) is 13.2. The SMILES string of the molecule is N#Cc1n[nH]nc1-c1cccc(-c2cc(C(F)(F)F)cc(C(F)(F)F)c2)c1. The van der Waals surface area contributed by atoms with Crippen LogP contribution in [0.25, 0.3) is 22.4 Å². The fourth-order valence-corrected chi connectivity index (χ4v) is 2.48. The maximum absolute atomic E-state index is 13.0. The smallest absolute Gasteiger partial charge is 0.196 e. The molecule has 27 heavy (non-hydrogen) atoms. The summed E-state index contributed by atoms with van der Waals surface area (Å²) in [5, 5.41) is 18.6. The van der Waals surface area contributed by atoms with Crippen molar-refractivity contribution in [3.63, 3.8) is 0 Å². The van der Waals surface area contributed by atoms with Crippen molar-refractivity contribution < 1.29 is 26.3 Å². The van der Waals surface area contributed by atoms with Gasteiger partial charge in [-0.3, -0.25) is 0 Å². The molecule has 0 radical (unpaired) electrons.